The van der Waals surface area contributed by atoms with Crippen LogP contribution < -0.4 is 4.90 Å². The van der Waals surface area contributed by atoms with E-state index in [9.17, 15) is 5.11 Å². The van der Waals surface area contributed by atoms with E-state index in [2.05, 4.69) is 15.9 Å². The van der Waals surface area contributed by atoms with E-state index in [0.717, 1.165) is 64.3 Å². The summed E-state index contributed by atoms with van der Waals surface area (Å²) in [6, 6.07) is 9.94. The maximum atomic E-state index is 10.3. The van der Waals surface area contributed by atoms with E-state index >= 15 is 0 Å². The standard InChI is InChI=1S/C20H29N3O3/c21-14-17-2-4-18(5-3-17)23-9-1-8-22(10-11-23)15-19(24)16-26-20-6-12-25-13-7-20/h2-5,19-20,24H,1,6-13,15-16H2. The molecule has 1 atom stereocenters. The van der Waals surface area contributed by atoms with Gasteiger partial charge >= 0.3 is 0 Å². The zero-order valence-electron chi connectivity index (χ0n) is 15.3. The van der Waals surface area contributed by atoms with Gasteiger partial charge < -0.3 is 19.5 Å². The van der Waals surface area contributed by atoms with E-state index in [-0.39, 0.29) is 6.10 Å². The van der Waals surface area contributed by atoms with Gasteiger partial charge in [-0.25, -0.2) is 0 Å². The molecule has 2 aliphatic heterocycles. The molecule has 1 aromatic rings. The van der Waals surface area contributed by atoms with Crippen LogP contribution in [0.1, 0.15) is 24.8 Å². The molecule has 0 bridgehead atoms. The van der Waals surface area contributed by atoms with Gasteiger partial charge in [-0.1, -0.05) is 0 Å². The highest BCUT2D eigenvalue weighted by Crippen LogP contribution is 2.17. The molecule has 2 saturated heterocycles. The van der Waals surface area contributed by atoms with Crippen LogP contribution in [0.5, 0.6) is 0 Å². The van der Waals surface area contributed by atoms with Crippen LogP contribution in [0, 0.1) is 11.3 Å². The second-order valence-electron chi connectivity index (χ2n) is 7.10. The number of aliphatic hydroxyl groups excluding tert-OH is 1. The SMILES string of the molecule is N#Cc1ccc(N2CCCN(CC(O)COC3CCOCC3)CC2)cc1. The molecular formula is C20H29N3O3. The van der Waals surface area contributed by atoms with E-state index in [1.54, 1.807) is 0 Å². The van der Waals surface area contributed by atoms with Crippen LogP contribution >= 0.6 is 0 Å². The Morgan fingerprint density at radius 2 is 1.92 bits per heavy atom. The lowest BCUT2D eigenvalue weighted by molar-refractivity contribution is -0.0638. The minimum Gasteiger partial charge on any atom is -0.389 e. The average molecular weight is 359 g/mol. The van der Waals surface area contributed by atoms with Gasteiger partial charge in [0.05, 0.1) is 30.4 Å². The number of aliphatic hydroxyl groups is 1. The summed E-state index contributed by atoms with van der Waals surface area (Å²) in [6.07, 6.45) is 2.70. The third-order valence-electron chi connectivity index (χ3n) is 5.11. The van der Waals surface area contributed by atoms with Crippen molar-refractivity contribution in [2.24, 2.45) is 0 Å². The van der Waals surface area contributed by atoms with E-state index in [1.165, 1.54) is 0 Å². The van der Waals surface area contributed by atoms with Crippen LogP contribution in [0.15, 0.2) is 24.3 Å². The maximum absolute atomic E-state index is 10.3. The van der Waals surface area contributed by atoms with E-state index in [4.69, 9.17) is 14.7 Å². The summed E-state index contributed by atoms with van der Waals surface area (Å²) in [5.74, 6) is 0. The monoisotopic (exact) mass is 359 g/mol. The number of ether oxygens (including phenoxy) is 2. The Morgan fingerprint density at radius 1 is 1.15 bits per heavy atom. The average Bonchev–Trinajstić information content (AvgIpc) is 2.93. The molecule has 6 heteroatoms. The molecule has 0 spiro atoms. The van der Waals surface area contributed by atoms with Gasteiger partial charge in [0.1, 0.15) is 0 Å². The quantitative estimate of drug-likeness (QED) is 0.833. The predicted molar refractivity (Wildman–Crippen MR) is 100 cm³/mol. The second kappa shape index (κ2) is 9.89. The normalized spacial score (nSPS) is 21.2. The summed E-state index contributed by atoms with van der Waals surface area (Å²) in [6.45, 7) is 6.42. The maximum Gasteiger partial charge on any atom is 0.0991 e. The largest absolute Gasteiger partial charge is 0.389 e. The van der Waals surface area contributed by atoms with Gasteiger partial charge in [-0.2, -0.15) is 5.26 Å². The summed E-state index contributed by atoms with van der Waals surface area (Å²) in [5, 5.41) is 19.2. The Hall–Kier alpha value is -1.65. The Kier molecular flexibility index (Phi) is 7.27. The van der Waals surface area contributed by atoms with E-state index in [1.807, 2.05) is 24.3 Å². The van der Waals surface area contributed by atoms with Crippen molar-refractivity contribution in [2.45, 2.75) is 31.5 Å². The van der Waals surface area contributed by atoms with Gasteiger partial charge in [0.15, 0.2) is 0 Å². The number of hydrogen-bond donors (Lipinski definition) is 1. The van der Waals surface area contributed by atoms with Crippen LogP contribution in [0.3, 0.4) is 0 Å². The molecular weight excluding hydrogens is 330 g/mol. The molecule has 0 aromatic heterocycles. The first-order valence-electron chi connectivity index (χ1n) is 9.59. The fourth-order valence-corrected chi connectivity index (χ4v) is 3.60. The molecule has 0 amide bonds. The van der Waals surface area contributed by atoms with Crippen molar-refractivity contribution in [1.82, 2.24) is 4.90 Å². The molecule has 0 aliphatic carbocycles. The molecule has 142 valence electrons. The number of nitriles is 1. The predicted octanol–water partition coefficient (Wildman–Crippen LogP) is 1.63. The van der Waals surface area contributed by atoms with Gasteiger partial charge in [-0.15, -0.1) is 0 Å². The number of nitrogens with zero attached hydrogens (tertiary/aromatic N) is 3. The fraction of sp³-hybridized carbons (Fsp3) is 0.650. The molecule has 26 heavy (non-hydrogen) atoms. The summed E-state index contributed by atoms with van der Waals surface area (Å²) in [7, 11) is 0. The molecule has 1 aromatic carbocycles. The molecule has 1 N–H and O–H groups in total. The Bertz CT molecular complexity index is 581. The number of benzene rings is 1. The van der Waals surface area contributed by atoms with Crippen molar-refractivity contribution in [3.05, 3.63) is 29.8 Å². The van der Waals surface area contributed by atoms with Crippen LogP contribution in [-0.2, 0) is 9.47 Å². The van der Waals surface area contributed by atoms with E-state index < -0.39 is 6.10 Å². The molecule has 2 fully saturated rings. The van der Waals surface area contributed by atoms with Crippen molar-refractivity contribution in [3.63, 3.8) is 0 Å². The highest BCUT2D eigenvalue weighted by Gasteiger charge is 2.20. The first-order chi connectivity index (χ1) is 12.7. The minimum atomic E-state index is -0.445. The lowest BCUT2D eigenvalue weighted by Gasteiger charge is -2.27. The Balaban J connectivity index is 1.42. The zero-order chi connectivity index (χ0) is 18.2. The molecule has 2 aliphatic rings. The minimum absolute atomic E-state index is 0.231. The lowest BCUT2D eigenvalue weighted by atomic mass is 10.1. The second-order valence-corrected chi connectivity index (χ2v) is 7.10. The summed E-state index contributed by atoms with van der Waals surface area (Å²) < 4.78 is 11.2. The molecule has 1 unspecified atom stereocenters. The molecule has 3 rings (SSSR count). The molecule has 6 nitrogen and oxygen atoms in total. The van der Waals surface area contributed by atoms with Crippen molar-refractivity contribution in [3.8, 4) is 6.07 Å². The molecule has 0 radical (unpaired) electrons. The van der Waals surface area contributed by atoms with Crippen molar-refractivity contribution in [1.29, 1.82) is 5.26 Å². The topological polar surface area (TPSA) is 69.0 Å². The van der Waals surface area contributed by atoms with Gasteiger partial charge in [-0.3, -0.25) is 4.90 Å². The number of hydrogen-bond acceptors (Lipinski definition) is 6. The number of rotatable bonds is 6. The summed E-state index contributed by atoms with van der Waals surface area (Å²) in [4.78, 5) is 4.67. The van der Waals surface area contributed by atoms with Gasteiger partial charge in [0.25, 0.3) is 0 Å². The Labute approximate surface area is 155 Å². The van der Waals surface area contributed by atoms with Crippen LogP contribution in [0.25, 0.3) is 0 Å². The van der Waals surface area contributed by atoms with Gasteiger partial charge in [0, 0.05) is 45.1 Å². The number of β-amino-alcohol motifs (C(OH)–C–C–N with tert-alkyl or cyclic N) is 1. The fourth-order valence-electron chi connectivity index (χ4n) is 3.60. The first-order valence-corrected chi connectivity index (χ1v) is 9.59. The zero-order valence-corrected chi connectivity index (χ0v) is 15.3. The van der Waals surface area contributed by atoms with Gasteiger partial charge in [0.2, 0.25) is 0 Å². The third kappa shape index (κ3) is 5.68. The summed E-state index contributed by atoms with van der Waals surface area (Å²) >= 11 is 0. The van der Waals surface area contributed by atoms with Gasteiger partial charge in [-0.05, 0) is 50.1 Å². The third-order valence-corrected chi connectivity index (χ3v) is 5.11. The summed E-state index contributed by atoms with van der Waals surface area (Å²) in [5.41, 5.74) is 1.85. The lowest BCUT2D eigenvalue weighted by Crippen LogP contribution is -2.38. The highest BCUT2D eigenvalue weighted by molar-refractivity contribution is 5.49. The first kappa shape index (κ1) is 19.1. The van der Waals surface area contributed by atoms with Crippen LogP contribution in [-0.4, -0.2) is 74.8 Å². The highest BCUT2D eigenvalue weighted by atomic mass is 16.5. The smallest absolute Gasteiger partial charge is 0.0991 e. The molecule has 2 heterocycles. The Morgan fingerprint density at radius 3 is 2.65 bits per heavy atom. The molecule has 0 saturated carbocycles. The van der Waals surface area contributed by atoms with Crippen LogP contribution in [0.2, 0.25) is 0 Å². The van der Waals surface area contributed by atoms with Crippen molar-refractivity contribution in [2.75, 3.05) is 57.4 Å². The van der Waals surface area contributed by atoms with Crippen molar-refractivity contribution >= 4 is 5.69 Å². The van der Waals surface area contributed by atoms with Crippen molar-refractivity contribution < 1.29 is 14.6 Å². The van der Waals surface area contributed by atoms with Crippen LogP contribution in [0.4, 0.5) is 5.69 Å². The number of anilines is 1. The van der Waals surface area contributed by atoms with E-state index in [0.29, 0.717) is 18.7 Å².